The van der Waals surface area contributed by atoms with Crippen molar-refractivity contribution >= 4 is 23.3 Å². The van der Waals surface area contributed by atoms with E-state index in [-0.39, 0.29) is 23.6 Å². The molecule has 2 saturated heterocycles. The summed E-state index contributed by atoms with van der Waals surface area (Å²) in [6.07, 6.45) is 5.58. The van der Waals surface area contributed by atoms with Crippen molar-refractivity contribution in [3.8, 4) is 5.75 Å². The van der Waals surface area contributed by atoms with Crippen LogP contribution in [-0.2, 0) is 18.1 Å². The fourth-order valence-electron chi connectivity index (χ4n) is 5.42. The van der Waals surface area contributed by atoms with Crippen LogP contribution in [0.25, 0.3) is 0 Å². The molecule has 1 amide bonds. The van der Waals surface area contributed by atoms with Gasteiger partial charge in [0.25, 0.3) is 5.91 Å². The fourth-order valence-corrected chi connectivity index (χ4v) is 5.42. The van der Waals surface area contributed by atoms with Crippen LogP contribution in [0.3, 0.4) is 0 Å². The number of nitrogens with zero attached hydrogens (tertiary/aromatic N) is 3. The van der Waals surface area contributed by atoms with Crippen LogP contribution >= 0.6 is 0 Å². The van der Waals surface area contributed by atoms with Gasteiger partial charge in [-0.1, -0.05) is 29.8 Å². The number of ether oxygens (including phenoxy) is 1. The van der Waals surface area contributed by atoms with Crippen molar-refractivity contribution in [1.82, 2.24) is 14.8 Å². The molecule has 2 fully saturated rings. The number of carbonyl (C=O) groups is 2. The van der Waals surface area contributed by atoms with E-state index in [4.69, 9.17) is 13.2 Å². The van der Waals surface area contributed by atoms with E-state index in [2.05, 4.69) is 16.8 Å². The molecule has 0 atom stereocenters. The van der Waals surface area contributed by atoms with E-state index in [0.717, 1.165) is 56.6 Å². The molecule has 3 heterocycles. The van der Waals surface area contributed by atoms with Gasteiger partial charge < -0.3 is 9.64 Å². The number of rotatable bonds is 8. The van der Waals surface area contributed by atoms with Crippen LogP contribution in [0.2, 0.25) is 0 Å². The van der Waals surface area contributed by atoms with Crippen LogP contribution in [0.5, 0.6) is 5.75 Å². The number of benzene rings is 2. The van der Waals surface area contributed by atoms with Crippen molar-refractivity contribution in [1.29, 1.82) is 0 Å². The van der Waals surface area contributed by atoms with Gasteiger partial charge >= 0.3 is 11.6 Å². The second kappa shape index (κ2) is 15.5. The number of amides is 1. The summed E-state index contributed by atoms with van der Waals surface area (Å²) in [5.74, 6) is 0.953. The molecule has 0 saturated carbocycles. The minimum Gasteiger partial charge on any atom is -0.490 e. The van der Waals surface area contributed by atoms with E-state index < -0.39 is 11.6 Å². The maximum atomic E-state index is 13.1. The number of likely N-dealkylation sites (tertiary alicyclic amines) is 2. The van der Waals surface area contributed by atoms with Crippen LogP contribution in [0, 0.1) is 18.7 Å². The molecule has 2 aromatic carbocycles. The highest BCUT2D eigenvalue weighted by Crippen LogP contribution is 2.24. The summed E-state index contributed by atoms with van der Waals surface area (Å²) in [6, 6.07) is 18.1. The smallest absolute Gasteiger partial charge is 0.335 e. The van der Waals surface area contributed by atoms with E-state index in [1.54, 1.807) is 12.1 Å². The first-order chi connectivity index (χ1) is 20.3. The molecule has 0 bridgehead atoms. The molecular weight excluding hydrogens is 557 g/mol. The summed E-state index contributed by atoms with van der Waals surface area (Å²) in [7, 11) is 0. The zero-order valence-corrected chi connectivity index (χ0v) is 24.6. The minimum atomic E-state index is -0.750. The Hall–Kier alpha value is -3.76. The first-order valence-corrected chi connectivity index (χ1v) is 14.9. The number of halogens is 1. The third-order valence-electron chi connectivity index (χ3n) is 7.85. The van der Waals surface area contributed by atoms with Crippen LogP contribution in [-0.4, -0.2) is 67.2 Å². The largest absolute Gasteiger partial charge is 0.490 e. The third kappa shape index (κ3) is 9.12. The summed E-state index contributed by atoms with van der Waals surface area (Å²) in [5.41, 5.74) is 3.23. The highest BCUT2D eigenvalue weighted by Gasteiger charge is 2.26. The van der Waals surface area contributed by atoms with Gasteiger partial charge in [-0.25, -0.2) is 4.39 Å². The van der Waals surface area contributed by atoms with Gasteiger partial charge in [-0.2, -0.15) is 8.42 Å². The average molecular weight is 594 g/mol. The Balaban J connectivity index is 0.00000129. The predicted molar refractivity (Wildman–Crippen MR) is 157 cm³/mol. The Morgan fingerprint density at radius 2 is 1.55 bits per heavy atom. The lowest BCUT2D eigenvalue weighted by Gasteiger charge is -2.32. The monoisotopic (exact) mass is 593 g/mol. The van der Waals surface area contributed by atoms with Gasteiger partial charge in [-0.3, -0.25) is 19.5 Å². The van der Waals surface area contributed by atoms with E-state index in [9.17, 15) is 14.0 Å². The molecule has 42 heavy (non-hydrogen) atoms. The Kier molecular flexibility index (Phi) is 11.5. The number of aromatic nitrogens is 1. The Morgan fingerprint density at radius 3 is 2.14 bits per heavy atom. The molecule has 2 aliphatic heterocycles. The van der Waals surface area contributed by atoms with Crippen LogP contribution < -0.4 is 4.74 Å². The van der Waals surface area contributed by atoms with Crippen LogP contribution in [0.4, 0.5) is 4.39 Å². The van der Waals surface area contributed by atoms with Crippen molar-refractivity contribution < 1.29 is 27.1 Å². The Labute approximate surface area is 249 Å². The SMILES string of the molecule is Cc1ccc(OC2CCN(C(=O)c3ccc(C(=O)CC4CCN(Cc5ccc(F)cc5)CC4)nc3)CC2)cc1.O=S=O. The zero-order valence-electron chi connectivity index (χ0n) is 23.7. The summed E-state index contributed by atoms with van der Waals surface area (Å²) < 4.78 is 35.8. The number of pyridine rings is 1. The molecule has 0 spiro atoms. The number of hydrogen-bond donors (Lipinski definition) is 0. The van der Waals surface area contributed by atoms with Gasteiger partial charge in [0.05, 0.1) is 5.56 Å². The lowest BCUT2D eigenvalue weighted by Crippen LogP contribution is -2.41. The molecule has 8 nitrogen and oxygen atoms in total. The van der Waals surface area contributed by atoms with Crippen molar-refractivity contribution in [2.45, 2.75) is 51.7 Å². The minimum absolute atomic E-state index is 0.0278. The van der Waals surface area contributed by atoms with E-state index in [1.807, 2.05) is 41.3 Å². The highest BCUT2D eigenvalue weighted by molar-refractivity contribution is 7.51. The zero-order chi connectivity index (χ0) is 29.9. The van der Waals surface area contributed by atoms with E-state index in [1.165, 1.54) is 23.9 Å². The Bertz CT molecular complexity index is 1350. The topological polar surface area (TPSA) is 96.9 Å². The number of aryl methyl sites for hydroxylation is 1. The molecule has 0 unspecified atom stereocenters. The number of carbonyl (C=O) groups excluding carboxylic acids is 2. The molecule has 0 radical (unpaired) electrons. The van der Waals surface area contributed by atoms with Gasteiger partial charge in [0.15, 0.2) is 5.78 Å². The summed E-state index contributed by atoms with van der Waals surface area (Å²) in [4.78, 5) is 34.4. The number of ketones is 1. The molecule has 5 rings (SSSR count). The van der Waals surface area contributed by atoms with Crippen molar-refractivity contribution in [3.63, 3.8) is 0 Å². The Morgan fingerprint density at radius 1 is 0.905 bits per heavy atom. The molecule has 3 aromatic rings. The van der Waals surface area contributed by atoms with Crippen molar-refractivity contribution in [3.05, 3.63) is 95.1 Å². The van der Waals surface area contributed by atoms with Crippen molar-refractivity contribution in [2.24, 2.45) is 5.92 Å². The lowest BCUT2D eigenvalue weighted by atomic mass is 9.90. The number of Topliss-reactive ketones (excluding diaryl/α,β-unsaturated/α-hetero) is 1. The summed E-state index contributed by atoms with van der Waals surface area (Å²) >= 11 is -0.750. The number of hydrogen-bond acceptors (Lipinski definition) is 7. The molecule has 0 aliphatic carbocycles. The predicted octanol–water partition coefficient (Wildman–Crippen LogP) is 5.03. The molecular formula is C32H36FN3O5S. The molecule has 0 N–H and O–H groups in total. The van der Waals surface area contributed by atoms with Gasteiger partial charge in [0.2, 0.25) is 0 Å². The molecule has 10 heteroatoms. The molecule has 1 aromatic heterocycles. The quantitative estimate of drug-likeness (QED) is 0.338. The van der Waals surface area contributed by atoms with E-state index in [0.29, 0.717) is 36.7 Å². The second-order valence-electron chi connectivity index (χ2n) is 10.9. The fraction of sp³-hybridized carbons (Fsp3) is 0.406. The maximum Gasteiger partial charge on any atom is 0.335 e. The highest BCUT2D eigenvalue weighted by atomic mass is 32.1. The van der Waals surface area contributed by atoms with Gasteiger partial charge in [0, 0.05) is 45.1 Å². The standard InChI is InChI=1S/C32H36FN3O3.O2S/c1-23-2-9-28(10-3-23)39-29-14-18-36(19-15-29)32(38)26-6-11-30(34-21-26)31(37)20-24-12-16-35(17-13-24)22-25-4-7-27(33)8-5-25;1-3-2/h2-11,21,24,29H,12-20,22H2,1H3;. The molecule has 222 valence electrons. The third-order valence-corrected chi connectivity index (χ3v) is 7.85. The van der Waals surface area contributed by atoms with Gasteiger partial charge in [0.1, 0.15) is 23.4 Å². The van der Waals surface area contributed by atoms with Crippen LogP contribution in [0.15, 0.2) is 66.9 Å². The first kappa shape index (κ1) is 31.2. The molecule has 2 aliphatic rings. The summed E-state index contributed by atoms with van der Waals surface area (Å²) in [6.45, 7) is 5.96. The van der Waals surface area contributed by atoms with Crippen LogP contribution in [0.1, 0.15) is 64.1 Å². The van der Waals surface area contributed by atoms with E-state index >= 15 is 0 Å². The second-order valence-corrected chi connectivity index (χ2v) is 11.0. The van der Waals surface area contributed by atoms with Gasteiger partial charge in [-0.05, 0) is 80.7 Å². The summed E-state index contributed by atoms with van der Waals surface area (Å²) in [5, 5.41) is 0. The first-order valence-electron chi connectivity index (χ1n) is 14.2. The normalized spacial score (nSPS) is 16.3. The number of piperidine rings is 2. The van der Waals surface area contributed by atoms with Gasteiger partial charge in [-0.15, -0.1) is 0 Å². The lowest BCUT2D eigenvalue weighted by molar-refractivity contribution is 0.0594. The average Bonchev–Trinajstić information content (AvgIpc) is 3.01. The van der Waals surface area contributed by atoms with Crippen molar-refractivity contribution in [2.75, 3.05) is 26.2 Å². The maximum absolute atomic E-state index is 13.1.